The molecular weight excluding hydrogens is 318 g/mol. The number of hydrogen-bond donors (Lipinski definition) is 0. The van der Waals surface area contributed by atoms with Crippen LogP contribution in [0.15, 0.2) is 0 Å². The van der Waals surface area contributed by atoms with Crippen LogP contribution in [0.1, 0.15) is 53.8 Å². The molecule has 1 fully saturated rings. The second kappa shape index (κ2) is 6.74. The van der Waals surface area contributed by atoms with Crippen LogP contribution in [0.4, 0.5) is 0 Å². The Bertz CT molecular complexity index is 478. The van der Waals surface area contributed by atoms with Crippen LogP contribution in [-0.4, -0.2) is 38.5 Å². The number of carbonyl (C=O) groups is 1. The topological polar surface area (TPSA) is 38.1 Å². The van der Waals surface area contributed by atoms with Crippen molar-refractivity contribution in [1.82, 2.24) is 14.7 Å². The van der Waals surface area contributed by atoms with E-state index >= 15 is 0 Å². The fourth-order valence-corrected chi connectivity index (χ4v) is 3.54. The average molecular weight is 342 g/mol. The van der Waals surface area contributed by atoms with Gasteiger partial charge in [-0.05, 0) is 26.7 Å². The van der Waals surface area contributed by atoms with E-state index in [4.69, 9.17) is 0 Å². The first kappa shape index (κ1) is 15.5. The summed E-state index contributed by atoms with van der Waals surface area (Å²) in [4.78, 5) is 15.0. The fourth-order valence-electron chi connectivity index (χ4n) is 3.16. The number of amides is 1. The molecule has 2 rings (SSSR count). The lowest BCUT2D eigenvalue weighted by atomic mass is 9.93. The Labute approximate surface area is 129 Å². The molecule has 112 valence electrons. The maximum atomic E-state index is 12.9. The Morgan fingerprint density at radius 1 is 1.35 bits per heavy atom. The Kier molecular flexibility index (Phi) is 5.24. The average Bonchev–Trinajstić information content (AvgIpc) is 2.70. The molecule has 1 aliphatic carbocycles. The summed E-state index contributed by atoms with van der Waals surface area (Å²) in [6, 6.07) is 0.396. The van der Waals surface area contributed by atoms with E-state index in [0.29, 0.717) is 6.04 Å². The van der Waals surface area contributed by atoms with Crippen LogP contribution in [0.25, 0.3) is 0 Å². The fraction of sp³-hybridized carbons (Fsp3) is 0.733. The van der Waals surface area contributed by atoms with Crippen LogP contribution in [0.2, 0.25) is 0 Å². The number of aryl methyl sites for hydroxylation is 2. The zero-order valence-corrected chi connectivity index (χ0v) is 14.2. The van der Waals surface area contributed by atoms with Crippen molar-refractivity contribution >= 4 is 21.8 Å². The van der Waals surface area contributed by atoms with Crippen molar-refractivity contribution in [2.75, 3.05) is 11.9 Å². The lowest BCUT2D eigenvalue weighted by Gasteiger charge is -2.34. The van der Waals surface area contributed by atoms with Crippen molar-refractivity contribution in [3.8, 4) is 0 Å². The van der Waals surface area contributed by atoms with Gasteiger partial charge in [0.2, 0.25) is 0 Å². The van der Waals surface area contributed by atoms with Crippen LogP contribution < -0.4 is 0 Å². The zero-order valence-electron chi connectivity index (χ0n) is 12.7. The van der Waals surface area contributed by atoms with Crippen LogP contribution in [0.5, 0.6) is 0 Å². The zero-order chi connectivity index (χ0) is 14.7. The Morgan fingerprint density at radius 3 is 2.50 bits per heavy atom. The molecule has 0 saturated heterocycles. The van der Waals surface area contributed by atoms with Crippen LogP contribution >= 0.6 is 15.9 Å². The first-order valence-electron chi connectivity index (χ1n) is 7.43. The van der Waals surface area contributed by atoms with Crippen molar-refractivity contribution in [1.29, 1.82) is 0 Å². The molecule has 1 saturated carbocycles. The molecule has 1 aliphatic rings. The molecule has 1 amide bonds. The lowest BCUT2D eigenvalue weighted by Crippen LogP contribution is -2.43. The Morgan fingerprint density at radius 2 is 2.00 bits per heavy atom. The molecule has 1 aromatic heterocycles. The molecule has 0 unspecified atom stereocenters. The lowest BCUT2D eigenvalue weighted by molar-refractivity contribution is 0.0649. The number of hydrogen-bond acceptors (Lipinski definition) is 2. The minimum atomic E-state index is 0.152. The normalized spacial score (nSPS) is 16.4. The van der Waals surface area contributed by atoms with Gasteiger partial charge in [-0.15, -0.1) is 0 Å². The second-order valence-electron chi connectivity index (χ2n) is 5.65. The van der Waals surface area contributed by atoms with Crippen molar-refractivity contribution < 1.29 is 4.79 Å². The molecule has 4 nitrogen and oxygen atoms in total. The van der Waals surface area contributed by atoms with Gasteiger partial charge in [-0.2, -0.15) is 5.10 Å². The van der Waals surface area contributed by atoms with E-state index in [0.717, 1.165) is 41.7 Å². The van der Waals surface area contributed by atoms with Gasteiger partial charge >= 0.3 is 0 Å². The summed E-state index contributed by atoms with van der Waals surface area (Å²) in [6.45, 7) is 4.67. The second-order valence-corrected chi connectivity index (χ2v) is 6.44. The highest BCUT2D eigenvalue weighted by Gasteiger charge is 2.29. The quantitative estimate of drug-likeness (QED) is 0.788. The largest absolute Gasteiger partial charge is 0.335 e. The van der Waals surface area contributed by atoms with E-state index in [1.807, 2.05) is 20.9 Å². The number of aromatic nitrogens is 2. The summed E-state index contributed by atoms with van der Waals surface area (Å²) in [7, 11) is 1.90. The smallest absolute Gasteiger partial charge is 0.257 e. The maximum absolute atomic E-state index is 12.9. The van der Waals surface area contributed by atoms with Gasteiger partial charge in [-0.1, -0.05) is 35.2 Å². The van der Waals surface area contributed by atoms with Gasteiger partial charge in [0.1, 0.15) is 0 Å². The molecule has 0 radical (unpaired) electrons. The van der Waals surface area contributed by atoms with Gasteiger partial charge in [-0.3, -0.25) is 9.48 Å². The van der Waals surface area contributed by atoms with Crippen LogP contribution in [0, 0.1) is 13.8 Å². The van der Waals surface area contributed by atoms with Crippen molar-refractivity contribution in [2.45, 2.75) is 52.0 Å². The summed E-state index contributed by atoms with van der Waals surface area (Å²) >= 11 is 3.49. The molecule has 5 heteroatoms. The minimum absolute atomic E-state index is 0.152. The van der Waals surface area contributed by atoms with E-state index in [2.05, 4.69) is 25.9 Å². The van der Waals surface area contributed by atoms with Gasteiger partial charge in [0.15, 0.2) is 0 Å². The highest BCUT2D eigenvalue weighted by atomic mass is 79.9. The van der Waals surface area contributed by atoms with Gasteiger partial charge in [0, 0.05) is 30.7 Å². The van der Waals surface area contributed by atoms with E-state index in [1.165, 1.54) is 19.3 Å². The first-order valence-corrected chi connectivity index (χ1v) is 8.55. The van der Waals surface area contributed by atoms with E-state index in [1.54, 1.807) is 4.68 Å². The van der Waals surface area contributed by atoms with E-state index in [9.17, 15) is 4.79 Å². The Hall–Kier alpha value is -0.840. The predicted octanol–water partition coefficient (Wildman–Crippen LogP) is 3.21. The predicted molar refractivity (Wildman–Crippen MR) is 84.4 cm³/mol. The van der Waals surface area contributed by atoms with E-state index < -0.39 is 0 Å². The molecule has 20 heavy (non-hydrogen) atoms. The molecule has 0 aliphatic heterocycles. The Balaban J connectivity index is 2.26. The summed E-state index contributed by atoms with van der Waals surface area (Å²) in [5, 5.41) is 5.20. The molecule has 0 aromatic carbocycles. The summed E-state index contributed by atoms with van der Waals surface area (Å²) < 4.78 is 1.80. The van der Waals surface area contributed by atoms with Crippen molar-refractivity contribution in [3.05, 3.63) is 17.0 Å². The minimum Gasteiger partial charge on any atom is -0.335 e. The van der Waals surface area contributed by atoms with Gasteiger partial charge < -0.3 is 4.90 Å². The summed E-state index contributed by atoms with van der Waals surface area (Å²) in [5.74, 6) is 0.152. The molecule has 1 aromatic rings. The SMILES string of the molecule is Cc1nn(C)c(C)c1C(=O)N(CCBr)C1CCCCC1. The molecule has 0 atom stereocenters. The first-order chi connectivity index (χ1) is 9.56. The summed E-state index contributed by atoms with van der Waals surface area (Å²) in [6.07, 6.45) is 6.05. The third-order valence-corrected chi connectivity index (χ3v) is 4.68. The number of halogens is 1. The third-order valence-electron chi connectivity index (χ3n) is 4.32. The van der Waals surface area contributed by atoms with E-state index in [-0.39, 0.29) is 5.91 Å². The highest BCUT2D eigenvalue weighted by Crippen LogP contribution is 2.25. The highest BCUT2D eigenvalue weighted by molar-refractivity contribution is 9.09. The maximum Gasteiger partial charge on any atom is 0.257 e. The standard InChI is InChI=1S/C15H24BrN3O/c1-11-14(12(2)18(3)17-11)15(20)19(10-9-16)13-7-5-4-6-8-13/h13H,4-10H2,1-3H3. The molecule has 1 heterocycles. The summed E-state index contributed by atoms with van der Waals surface area (Å²) in [5.41, 5.74) is 2.59. The third kappa shape index (κ3) is 3.08. The van der Waals surface area contributed by atoms with Crippen molar-refractivity contribution in [3.63, 3.8) is 0 Å². The van der Waals surface area contributed by atoms with Crippen LogP contribution in [0.3, 0.4) is 0 Å². The number of rotatable bonds is 4. The van der Waals surface area contributed by atoms with Crippen molar-refractivity contribution in [2.24, 2.45) is 7.05 Å². The number of carbonyl (C=O) groups excluding carboxylic acids is 1. The number of alkyl halides is 1. The monoisotopic (exact) mass is 341 g/mol. The van der Waals surface area contributed by atoms with Gasteiger partial charge in [0.25, 0.3) is 5.91 Å². The molecule has 0 bridgehead atoms. The molecule has 0 spiro atoms. The van der Waals surface area contributed by atoms with Crippen LogP contribution in [-0.2, 0) is 7.05 Å². The molecular formula is C15H24BrN3O. The van der Waals surface area contributed by atoms with Gasteiger partial charge in [-0.25, -0.2) is 0 Å². The van der Waals surface area contributed by atoms with Gasteiger partial charge in [0.05, 0.1) is 11.3 Å². The number of nitrogens with zero attached hydrogens (tertiary/aromatic N) is 3. The molecule has 0 N–H and O–H groups in total.